The van der Waals surface area contributed by atoms with Crippen molar-refractivity contribution < 1.29 is 29.1 Å². The molecule has 0 radical (unpaired) electrons. The summed E-state index contributed by atoms with van der Waals surface area (Å²) in [6.45, 7) is 5.05. The Morgan fingerprint density at radius 1 is 0.900 bits per heavy atom. The molecule has 0 aliphatic rings. The van der Waals surface area contributed by atoms with Gasteiger partial charge in [0.15, 0.2) is 0 Å². The largest absolute Gasteiger partial charge is 0.480 e. The van der Waals surface area contributed by atoms with Crippen molar-refractivity contribution in [3.63, 3.8) is 0 Å². The molecule has 0 bridgehead atoms. The van der Waals surface area contributed by atoms with Gasteiger partial charge in [0.25, 0.3) is 0 Å². The second kappa shape index (κ2) is 13.5. The van der Waals surface area contributed by atoms with E-state index in [2.05, 4.69) is 16.0 Å². The fraction of sp³-hybridized carbons (Fsp3) is 0.722. The van der Waals surface area contributed by atoms with E-state index in [0.29, 0.717) is 25.8 Å². The molecular weight excluding hydrogens is 396 g/mol. The maximum absolute atomic E-state index is 12.5. The molecule has 30 heavy (non-hydrogen) atoms. The number of primary amides is 1. The maximum Gasteiger partial charge on any atom is 0.326 e. The second-order valence-electron chi connectivity index (χ2n) is 7.42. The van der Waals surface area contributed by atoms with E-state index in [-0.39, 0.29) is 5.92 Å². The average Bonchev–Trinajstić information content (AvgIpc) is 2.64. The van der Waals surface area contributed by atoms with Gasteiger partial charge in [-0.2, -0.15) is 0 Å². The lowest BCUT2D eigenvalue weighted by molar-refractivity contribution is -0.143. The Labute approximate surface area is 175 Å². The molecule has 172 valence electrons. The molecule has 4 atom stereocenters. The molecule has 0 aliphatic carbocycles. The third-order valence-electron chi connectivity index (χ3n) is 4.33. The van der Waals surface area contributed by atoms with Gasteiger partial charge in [0, 0.05) is 0 Å². The van der Waals surface area contributed by atoms with Crippen molar-refractivity contribution in [2.75, 3.05) is 6.54 Å². The summed E-state index contributed by atoms with van der Waals surface area (Å²) in [4.78, 5) is 59.4. The van der Waals surface area contributed by atoms with Crippen LogP contribution in [0.5, 0.6) is 0 Å². The van der Waals surface area contributed by atoms with Gasteiger partial charge in [-0.15, -0.1) is 0 Å². The highest BCUT2D eigenvalue weighted by atomic mass is 16.4. The van der Waals surface area contributed by atoms with Gasteiger partial charge in [-0.3, -0.25) is 19.2 Å². The molecule has 0 aromatic rings. The molecule has 0 saturated carbocycles. The van der Waals surface area contributed by atoms with Crippen molar-refractivity contribution in [3.05, 3.63) is 0 Å². The summed E-state index contributed by atoms with van der Waals surface area (Å²) in [7, 11) is 0. The third kappa shape index (κ3) is 10.2. The van der Waals surface area contributed by atoms with E-state index in [4.69, 9.17) is 22.3 Å². The van der Waals surface area contributed by atoms with E-state index in [9.17, 15) is 24.0 Å². The lowest BCUT2D eigenvalue weighted by Crippen LogP contribution is -2.57. The highest BCUT2D eigenvalue weighted by Crippen LogP contribution is 2.03. The van der Waals surface area contributed by atoms with Gasteiger partial charge in [0.2, 0.25) is 23.6 Å². The van der Waals surface area contributed by atoms with Crippen LogP contribution in [0.1, 0.15) is 46.5 Å². The Morgan fingerprint density at radius 2 is 1.50 bits per heavy atom. The number of unbranched alkanes of at least 4 members (excludes halogenated alkanes) is 1. The SMILES string of the molecule is CC(NC(=O)C(CC(N)=O)NC(=O)C(N)CCCCN)C(=O)NC(C(=O)O)C(C)C. The molecule has 0 aliphatic heterocycles. The van der Waals surface area contributed by atoms with Crippen LogP contribution in [0.15, 0.2) is 0 Å². The first-order valence-corrected chi connectivity index (χ1v) is 9.78. The van der Waals surface area contributed by atoms with E-state index in [0.717, 1.165) is 0 Å². The fourth-order valence-corrected chi connectivity index (χ4v) is 2.50. The molecule has 0 spiro atoms. The van der Waals surface area contributed by atoms with Crippen LogP contribution in [0.3, 0.4) is 0 Å². The molecule has 0 aromatic heterocycles. The summed E-state index contributed by atoms with van der Waals surface area (Å²) in [6, 6.07) is -4.48. The second-order valence-corrected chi connectivity index (χ2v) is 7.42. The lowest BCUT2D eigenvalue weighted by atomic mass is 10.0. The first-order valence-electron chi connectivity index (χ1n) is 9.78. The molecule has 12 heteroatoms. The van der Waals surface area contributed by atoms with Gasteiger partial charge in [-0.05, 0) is 32.2 Å². The Bertz CT molecular complexity index is 626. The molecule has 12 nitrogen and oxygen atoms in total. The number of carbonyl (C=O) groups excluding carboxylic acids is 4. The minimum Gasteiger partial charge on any atom is -0.480 e. The monoisotopic (exact) mass is 430 g/mol. The van der Waals surface area contributed by atoms with Crippen LogP contribution in [0.4, 0.5) is 0 Å². The number of hydrogen-bond donors (Lipinski definition) is 7. The Balaban J connectivity index is 5.01. The lowest BCUT2D eigenvalue weighted by Gasteiger charge is -2.24. The van der Waals surface area contributed by atoms with E-state index in [1.54, 1.807) is 13.8 Å². The highest BCUT2D eigenvalue weighted by Gasteiger charge is 2.30. The van der Waals surface area contributed by atoms with Crippen molar-refractivity contribution in [3.8, 4) is 0 Å². The van der Waals surface area contributed by atoms with Gasteiger partial charge in [-0.25, -0.2) is 4.79 Å². The summed E-state index contributed by atoms with van der Waals surface area (Å²) in [6.07, 6.45) is 1.16. The van der Waals surface area contributed by atoms with E-state index < -0.39 is 60.2 Å². The van der Waals surface area contributed by atoms with Gasteiger partial charge in [0.05, 0.1) is 12.5 Å². The van der Waals surface area contributed by atoms with Crippen LogP contribution in [0.25, 0.3) is 0 Å². The highest BCUT2D eigenvalue weighted by molar-refractivity contribution is 5.96. The zero-order chi connectivity index (χ0) is 23.4. The maximum atomic E-state index is 12.5. The van der Waals surface area contributed by atoms with E-state index >= 15 is 0 Å². The zero-order valence-electron chi connectivity index (χ0n) is 17.6. The number of hydrogen-bond acceptors (Lipinski definition) is 7. The van der Waals surface area contributed by atoms with Crippen molar-refractivity contribution in [1.82, 2.24) is 16.0 Å². The summed E-state index contributed by atoms with van der Waals surface area (Å²) < 4.78 is 0. The molecule has 0 fully saturated rings. The van der Waals surface area contributed by atoms with Gasteiger partial charge < -0.3 is 38.3 Å². The van der Waals surface area contributed by atoms with Crippen LogP contribution in [0, 0.1) is 5.92 Å². The number of amides is 4. The quantitative estimate of drug-likeness (QED) is 0.146. The van der Waals surface area contributed by atoms with Gasteiger partial charge in [-0.1, -0.05) is 20.3 Å². The van der Waals surface area contributed by atoms with Crippen LogP contribution in [-0.2, 0) is 24.0 Å². The molecular formula is C18H34N6O6. The number of rotatable bonds is 14. The zero-order valence-corrected chi connectivity index (χ0v) is 17.6. The summed E-state index contributed by atoms with van der Waals surface area (Å²) in [5, 5.41) is 16.2. The minimum absolute atomic E-state index is 0.346. The summed E-state index contributed by atoms with van der Waals surface area (Å²) in [5.41, 5.74) is 16.3. The minimum atomic E-state index is -1.33. The Kier molecular flexibility index (Phi) is 12.3. The van der Waals surface area contributed by atoms with Crippen molar-refractivity contribution in [1.29, 1.82) is 0 Å². The molecule has 10 N–H and O–H groups in total. The fourth-order valence-electron chi connectivity index (χ4n) is 2.50. The molecule has 0 saturated heterocycles. The number of carboxylic acid groups (broad SMARTS) is 1. The molecule has 0 rings (SSSR count). The Morgan fingerprint density at radius 3 is 1.97 bits per heavy atom. The number of aliphatic carboxylic acids is 1. The standard InChI is InChI=1S/C18H34N6O6/c1-9(2)14(18(29)30)24-15(26)10(3)22-17(28)12(8-13(21)25)23-16(27)11(20)6-4-5-7-19/h9-12,14H,4-8,19-20H2,1-3H3,(H2,21,25)(H,22,28)(H,23,27)(H,24,26)(H,29,30). The van der Waals surface area contributed by atoms with Crippen LogP contribution in [0.2, 0.25) is 0 Å². The van der Waals surface area contributed by atoms with Crippen LogP contribution < -0.4 is 33.2 Å². The third-order valence-corrected chi connectivity index (χ3v) is 4.33. The first-order chi connectivity index (χ1) is 13.9. The number of nitrogens with two attached hydrogens (primary N) is 3. The topological polar surface area (TPSA) is 220 Å². The number of carboxylic acids is 1. The smallest absolute Gasteiger partial charge is 0.326 e. The van der Waals surface area contributed by atoms with E-state index in [1.165, 1.54) is 6.92 Å². The molecule has 0 aromatic carbocycles. The Hall–Kier alpha value is -2.73. The van der Waals surface area contributed by atoms with Crippen LogP contribution in [-0.4, -0.2) is 65.4 Å². The predicted octanol–water partition coefficient (Wildman–Crippen LogP) is -2.47. The number of carbonyl (C=O) groups is 5. The molecule has 0 heterocycles. The first kappa shape index (κ1) is 27.3. The summed E-state index contributed by atoms with van der Waals surface area (Å²) in [5.74, 6) is -4.62. The molecule has 4 amide bonds. The van der Waals surface area contributed by atoms with Crippen molar-refractivity contribution >= 4 is 29.6 Å². The average molecular weight is 431 g/mol. The molecule has 4 unspecified atom stereocenters. The van der Waals surface area contributed by atoms with Gasteiger partial charge >= 0.3 is 5.97 Å². The summed E-state index contributed by atoms with van der Waals surface area (Å²) >= 11 is 0. The predicted molar refractivity (Wildman–Crippen MR) is 109 cm³/mol. The normalized spacial score (nSPS) is 14.9. The van der Waals surface area contributed by atoms with Crippen molar-refractivity contribution in [2.24, 2.45) is 23.1 Å². The van der Waals surface area contributed by atoms with Gasteiger partial charge in [0.1, 0.15) is 18.1 Å². The van der Waals surface area contributed by atoms with Crippen LogP contribution >= 0.6 is 0 Å². The van der Waals surface area contributed by atoms with E-state index in [1.807, 2.05) is 0 Å². The number of nitrogens with one attached hydrogen (secondary N) is 3. The van der Waals surface area contributed by atoms with Crippen molar-refractivity contribution in [2.45, 2.75) is 70.6 Å².